The number of hydrogen-bond acceptors (Lipinski definition) is 3. The number of ether oxygens (including phenoxy) is 1. The van der Waals surface area contributed by atoms with Crippen LogP contribution in [0.25, 0.3) is 0 Å². The van der Waals surface area contributed by atoms with Gasteiger partial charge in [0.2, 0.25) is 5.91 Å². The molecule has 6 heteroatoms. The molecule has 3 fully saturated rings. The Kier molecular flexibility index (Phi) is 4.86. The van der Waals surface area contributed by atoms with Crippen molar-refractivity contribution in [3.05, 3.63) is 0 Å². The van der Waals surface area contributed by atoms with E-state index in [4.69, 9.17) is 4.74 Å². The van der Waals surface area contributed by atoms with Crippen molar-refractivity contribution < 1.29 is 14.3 Å². The fourth-order valence-electron chi connectivity index (χ4n) is 4.23. The van der Waals surface area contributed by atoms with Crippen molar-refractivity contribution in [1.29, 1.82) is 0 Å². The van der Waals surface area contributed by atoms with Crippen LogP contribution in [0.15, 0.2) is 0 Å². The summed E-state index contributed by atoms with van der Waals surface area (Å²) in [6.45, 7) is 4.62. The second-order valence-electron chi connectivity index (χ2n) is 6.77. The lowest BCUT2D eigenvalue weighted by Gasteiger charge is -2.36. The first-order chi connectivity index (χ1) is 10.7. The molecule has 3 atom stereocenters. The molecule has 3 aliphatic rings. The number of nitrogens with one attached hydrogen (secondary N) is 1. The monoisotopic (exact) mass is 309 g/mol. The Hall–Kier alpha value is -1.30. The average molecular weight is 309 g/mol. The molecule has 3 heterocycles. The van der Waals surface area contributed by atoms with Crippen LogP contribution in [0.5, 0.6) is 0 Å². The number of nitrogens with zero attached hydrogens (tertiary/aromatic N) is 2. The Balaban J connectivity index is 1.66. The zero-order valence-electron chi connectivity index (χ0n) is 13.4. The predicted octanol–water partition coefficient (Wildman–Crippen LogP) is 0.923. The van der Waals surface area contributed by atoms with Crippen LogP contribution in [0.2, 0.25) is 0 Å². The highest BCUT2D eigenvalue weighted by atomic mass is 16.5. The molecule has 0 saturated carbocycles. The molecule has 0 aliphatic carbocycles. The van der Waals surface area contributed by atoms with Crippen LogP contribution >= 0.6 is 0 Å². The van der Waals surface area contributed by atoms with Crippen LogP contribution in [0, 0.1) is 17.8 Å². The summed E-state index contributed by atoms with van der Waals surface area (Å²) in [4.78, 5) is 28.7. The van der Waals surface area contributed by atoms with Gasteiger partial charge in [0.05, 0.1) is 6.61 Å². The van der Waals surface area contributed by atoms with Crippen molar-refractivity contribution in [2.24, 2.45) is 17.8 Å². The van der Waals surface area contributed by atoms with Gasteiger partial charge in [-0.15, -0.1) is 0 Å². The number of likely N-dealkylation sites (tertiary alicyclic amines) is 2. The minimum Gasteiger partial charge on any atom is -0.384 e. The highest BCUT2D eigenvalue weighted by Gasteiger charge is 2.41. The molecule has 3 rings (SSSR count). The van der Waals surface area contributed by atoms with E-state index in [1.165, 1.54) is 0 Å². The first kappa shape index (κ1) is 15.6. The van der Waals surface area contributed by atoms with E-state index in [0.717, 1.165) is 45.3 Å². The topological polar surface area (TPSA) is 61.9 Å². The summed E-state index contributed by atoms with van der Waals surface area (Å²) in [5, 5.41) is 3.01. The molecule has 124 valence electrons. The van der Waals surface area contributed by atoms with Gasteiger partial charge in [0.15, 0.2) is 0 Å². The van der Waals surface area contributed by atoms with Gasteiger partial charge in [0, 0.05) is 51.7 Å². The lowest BCUT2D eigenvalue weighted by molar-refractivity contribution is -0.131. The molecule has 3 saturated heterocycles. The molecule has 0 bridgehead atoms. The van der Waals surface area contributed by atoms with E-state index in [-0.39, 0.29) is 17.9 Å². The van der Waals surface area contributed by atoms with E-state index in [1.807, 2.05) is 9.80 Å². The molecule has 3 aliphatic heterocycles. The molecule has 22 heavy (non-hydrogen) atoms. The van der Waals surface area contributed by atoms with E-state index in [9.17, 15) is 9.59 Å². The summed E-state index contributed by atoms with van der Waals surface area (Å²) in [5.74, 6) is 0.901. The van der Waals surface area contributed by atoms with E-state index in [2.05, 4.69) is 5.32 Å². The highest BCUT2D eigenvalue weighted by molar-refractivity contribution is 5.80. The van der Waals surface area contributed by atoms with Crippen molar-refractivity contribution >= 4 is 11.9 Å². The van der Waals surface area contributed by atoms with Gasteiger partial charge in [0.1, 0.15) is 0 Å². The fourth-order valence-corrected chi connectivity index (χ4v) is 4.23. The maximum Gasteiger partial charge on any atom is 0.319 e. The second kappa shape index (κ2) is 6.86. The standard InChI is InChI=1S/C16H27N3O3/c1-22-11-12-10-17-15(20)14-5-9-19(8-4-13(12)14)16(21)18-6-2-3-7-18/h12-14H,2-11H2,1H3,(H,17,20)/t12-,13-,14-/m0/s1. The summed E-state index contributed by atoms with van der Waals surface area (Å²) in [6.07, 6.45) is 3.91. The van der Waals surface area contributed by atoms with E-state index < -0.39 is 0 Å². The maximum absolute atomic E-state index is 12.6. The lowest BCUT2D eigenvalue weighted by Crippen LogP contribution is -2.49. The molecular weight excluding hydrogens is 282 g/mol. The number of hydrogen-bond donors (Lipinski definition) is 1. The van der Waals surface area contributed by atoms with Crippen molar-refractivity contribution in [3.8, 4) is 0 Å². The summed E-state index contributed by atoms with van der Waals surface area (Å²) in [7, 11) is 1.71. The first-order valence-corrected chi connectivity index (χ1v) is 8.51. The summed E-state index contributed by atoms with van der Waals surface area (Å²) in [5.41, 5.74) is 0. The van der Waals surface area contributed by atoms with Gasteiger partial charge < -0.3 is 19.9 Å². The quantitative estimate of drug-likeness (QED) is 0.825. The van der Waals surface area contributed by atoms with Gasteiger partial charge in [-0.1, -0.05) is 0 Å². The normalized spacial score (nSPS) is 32.4. The Bertz CT molecular complexity index is 423. The number of rotatable bonds is 2. The molecule has 3 amide bonds. The number of amides is 3. The number of carbonyl (C=O) groups is 2. The molecule has 0 radical (unpaired) electrons. The fraction of sp³-hybridized carbons (Fsp3) is 0.875. The molecule has 0 spiro atoms. The SMILES string of the molecule is COC[C@@H]1CNC(=O)[C@H]2CCN(C(=O)N3CCCC3)CC[C@@H]12. The third kappa shape index (κ3) is 3.07. The van der Waals surface area contributed by atoms with Crippen LogP contribution in [0.4, 0.5) is 4.79 Å². The first-order valence-electron chi connectivity index (χ1n) is 8.51. The molecule has 0 aromatic heterocycles. The zero-order valence-corrected chi connectivity index (χ0v) is 13.4. The van der Waals surface area contributed by atoms with Gasteiger partial charge in [-0.25, -0.2) is 4.79 Å². The second-order valence-corrected chi connectivity index (χ2v) is 6.77. The van der Waals surface area contributed by atoms with Gasteiger partial charge >= 0.3 is 6.03 Å². The van der Waals surface area contributed by atoms with E-state index in [1.54, 1.807) is 7.11 Å². The van der Waals surface area contributed by atoms with Crippen LogP contribution < -0.4 is 5.32 Å². The number of carbonyl (C=O) groups excluding carboxylic acids is 2. The van der Waals surface area contributed by atoms with Crippen molar-refractivity contribution in [3.63, 3.8) is 0 Å². The molecular formula is C16H27N3O3. The third-order valence-electron chi connectivity index (χ3n) is 5.47. The van der Waals surface area contributed by atoms with Crippen LogP contribution in [-0.4, -0.2) is 68.2 Å². The van der Waals surface area contributed by atoms with Crippen LogP contribution in [-0.2, 0) is 9.53 Å². The molecule has 0 unspecified atom stereocenters. The highest BCUT2D eigenvalue weighted by Crippen LogP contribution is 2.34. The summed E-state index contributed by atoms with van der Waals surface area (Å²) in [6, 6.07) is 0.167. The van der Waals surface area contributed by atoms with Gasteiger partial charge in [-0.3, -0.25) is 4.79 Å². The van der Waals surface area contributed by atoms with Gasteiger partial charge in [0.25, 0.3) is 0 Å². The molecule has 0 aromatic rings. The van der Waals surface area contributed by atoms with Crippen LogP contribution in [0.3, 0.4) is 0 Å². The van der Waals surface area contributed by atoms with Gasteiger partial charge in [-0.2, -0.15) is 0 Å². The van der Waals surface area contributed by atoms with Gasteiger partial charge in [-0.05, 0) is 31.6 Å². The molecule has 0 aromatic carbocycles. The third-order valence-corrected chi connectivity index (χ3v) is 5.47. The number of urea groups is 1. The minimum absolute atomic E-state index is 0.0327. The smallest absolute Gasteiger partial charge is 0.319 e. The predicted molar refractivity (Wildman–Crippen MR) is 82.4 cm³/mol. The van der Waals surface area contributed by atoms with Crippen molar-refractivity contribution in [2.75, 3.05) is 46.4 Å². The van der Waals surface area contributed by atoms with Crippen molar-refractivity contribution in [2.45, 2.75) is 25.7 Å². The maximum atomic E-state index is 12.6. The molecule has 6 nitrogen and oxygen atoms in total. The number of fused-ring (bicyclic) bond motifs is 1. The Morgan fingerprint density at radius 3 is 2.59 bits per heavy atom. The zero-order chi connectivity index (χ0) is 15.5. The number of methoxy groups -OCH3 is 1. The summed E-state index contributed by atoms with van der Waals surface area (Å²) >= 11 is 0. The lowest BCUT2D eigenvalue weighted by atomic mass is 9.75. The average Bonchev–Trinajstić information content (AvgIpc) is 2.96. The van der Waals surface area contributed by atoms with Crippen LogP contribution in [0.1, 0.15) is 25.7 Å². The largest absolute Gasteiger partial charge is 0.384 e. The minimum atomic E-state index is 0.0327. The Morgan fingerprint density at radius 1 is 1.18 bits per heavy atom. The van der Waals surface area contributed by atoms with E-state index >= 15 is 0 Å². The molecule has 1 N–H and O–H groups in total. The summed E-state index contributed by atoms with van der Waals surface area (Å²) < 4.78 is 5.32. The Morgan fingerprint density at radius 2 is 1.86 bits per heavy atom. The Labute approximate surface area is 132 Å². The van der Waals surface area contributed by atoms with Crippen molar-refractivity contribution in [1.82, 2.24) is 15.1 Å². The van der Waals surface area contributed by atoms with E-state index in [0.29, 0.717) is 31.5 Å². The number of piperidine rings is 1.